The Balaban J connectivity index is 1.59. The van der Waals surface area contributed by atoms with Crippen LogP contribution in [0.2, 0.25) is 0 Å². The molecule has 1 saturated carbocycles. The van der Waals surface area contributed by atoms with Crippen LogP contribution in [0.25, 0.3) is 5.82 Å². The summed E-state index contributed by atoms with van der Waals surface area (Å²) in [5.74, 6) is 2.02. The summed E-state index contributed by atoms with van der Waals surface area (Å²) in [7, 11) is 3.21. The third-order valence-electron chi connectivity index (χ3n) is 5.60. The van der Waals surface area contributed by atoms with Crippen molar-refractivity contribution >= 4 is 11.6 Å². The van der Waals surface area contributed by atoms with Gasteiger partial charge in [0.15, 0.2) is 11.5 Å². The average molecular weight is 392 g/mol. The number of imidazole rings is 1. The van der Waals surface area contributed by atoms with Gasteiger partial charge in [-0.3, -0.25) is 9.36 Å². The lowest BCUT2D eigenvalue weighted by Crippen LogP contribution is -2.38. The molecule has 0 aliphatic heterocycles. The minimum Gasteiger partial charge on any atom is -0.493 e. The number of anilines is 1. The third-order valence-corrected chi connectivity index (χ3v) is 5.60. The van der Waals surface area contributed by atoms with E-state index in [1.807, 2.05) is 41.1 Å². The molecule has 1 aliphatic rings. The van der Waals surface area contributed by atoms with E-state index in [4.69, 9.17) is 9.47 Å². The second kappa shape index (κ2) is 7.95. The van der Waals surface area contributed by atoms with Crippen LogP contribution in [0.4, 0.5) is 5.69 Å². The van der Waals surface area contributed by atoms with E-state index >= 15 is 0 Å². The zero-order valence-electron chi connectivity index (χ0n) is 16.6. The van der Waals surface area contributed by atoms with Gasteiger partial charge in [-0.05, 0) is 42.7 Å². The molecule has 4 rings (SSSR count). The molecule has 0 bridgehead atoms. The van der Waals surface area contributed by atoms with Crippen LogP contribution in [0, 0.1) is 0 Å². The normalized spacial score (nSPS) is 15.1. The number of aromatic nitrogens is 3. The highest BCUT2D eigenvalue weighted by Crippen LogP contribution is 2.44. The molecule has 1 N–H and O–H groups in total. The van der Waals surface area contributed by atoms with Gasteiger partial charge in [-0.2, -0.15) is 0 Å². The molecule has 2 heterocycles. The van der Waals surface area contributed by atoms with E-state index in [0.717, 1.165) is 37.1 Å². The number of nitrogens with one attached hydrogen (secondary N) is 1. The van der Waals surface area contributed by atoms with Gasteiger partial charge in [-0.15, -0.1) is 0 Å². The van der Waals surface area contributed by atoms with Gasteiger partial charge >= 0.3 is 0 Å². The summed E-state index contributed by atoms with van der Waals surface area (Å²) >= 11 is 0. The molecule has 150 valence electrons. The highest BCUT2D eigenvalue weighted by molar-refractivity contribution is 5.99. The Morgan fingerprint density at radius 1 is 1.10 bits per heavy atom. The van der Waals surface area contributed by atoms with Gasteiger partial charge in [0.25, 0.3) is 0 Å². The van der Waals surface area contributed by atoms with Crippen LogP contribution >= 0.6 is 0 Å². The van der Waals surface area contributed by atoms with Gasteiger partial charge in [-0.25, -0.2) is 9.97 Å². The molecule has 1 amide bonds. The second-order valence-electron chi connectivity index (χ2n) is 7.19. The molecule has 3 aromatic rings. The third kappa shape index (κ3) is 3.55. The van der Waals surface area contributed by atoms with E-state index in [1.165, 1.54) is 0 Å². The first-order chi connectivity index (χ1) is 14.2. The van der Waals surface area contributed by atoms with Crippen molar-refractivity contribution in [2.75, 3.05) is 19.5 Å². The Morgan fingerprint density at radius 3 is 2.52 bits per heavy atom. The zero-order chi connectivity index (χ0) is 20.3. The number of rotatable bonds is 6. The number of amides is 1. The number of ether oxygens (including phenoxy) is 2. The predicted octanol–water partition coefficient (Wildman–Crippen LogP) is 3.74. The molecule has 2 aromatic heterocycles. The fourth-order valence-electron chi connectivity index (χ4n) is 4.02. The quantitative estimate of drug-likeness (QED) is 0.691. The van der Waals surface area contributed by atoms with Gasteiger partial charge in [-0.1, -0.05) is 18.9 Å². The molecular formula is C22H24N4O3. The molecule has 0 spiro atoms. The van der Waals surface area contributed by atoms with Crippen molar-refractivity contribution in [2.24, 2.45) is 0 Å². The van der Waals surface area contributed by atoms with Crippen molar-refractivity contribution in [1.29, 1.82) is 0 Å². The molecule has 1 fully saturated rings. The van der Waals surface area contributed by atoms with Crippen molar-refractivity contribution in [3.63, 3.8) is 0 Å². The van der Waals surface area contributed by atoms with Gasteiger partial charge in [0.1, 0.15) is 12.1 Å². The van der Waals surface area contributed by atoms with Gasteiger partial charge in [0.05, 0.1) is 31.5 Å². The van der Waals surface area contributed by atoms with E-state index in [-0.39, 0.29) is 5.91 Å². The van der Waals surface area contributed by atoms with Gasteiger partial charge < -0.3 is 14.8 Å². The Kier molecular flexibility index (Phi) is 5.20. The maximum atomic E-state index is 13.4. The standard InChI is InChI=1S/C22H24N4O3/c1-28-18-7-5-16(13-19(18)29-2)22(9-3-4-10-22)21(27)25-17-6-8-20(24-14-17)26-12-11-23-15-26/h5-8,11-15H,3-4,9-10H2,1-2H3,(H,25,27). The topological polar surface area (TPSA) is 78.3 Å². The summed E-state index contributed by atoms with van der Waals surface area (Å²) in [5.41, 5.74) is 1.04. The summed E-state index contributed by atoms with van der Waals surface area (Å²) in [6, 6.07) is 9.46. The molecule has 29 heavy (non-hydrogen) atoms. The number of carbonyl (C=O) groups excluding carboxylic acids is 1. The van der Waals surface area contributed by atoms with Crippen LogP contribution in [0.15, 0.2) is 55.2 Å². The highest BCUT2D eigenvalue weighted by Gasteiger charge is 2.43. The minimum absolute atomic E-state index is 0.0144. The fraction of sp³-hybridized carbons (Fsp3) is 0.318. The molecule has 1 aromatic carbocycles. The predicted molar refractivity (Wildman–Crippen MR) is 110 cm³/mol. The van der Waals surface area contributed by atoms with E-state index in [2.05, 4.69) is 15.3 Å². The van der Waals surface area contributed by atoms with Crippen LogP contribution in [0.3, 0.4) is 0 Å². The van der Waals surface area contributed by atoms with Gasteiger partial charge in [0, 0.05) is 12.4 Å². The van der Waals surface area contributed by atoms with E-state index in [0.29, 0.717) is 17.2 Å². The van der Waals surface area contributed by atoms with Crippen LogP contribution in [0.5, 0.6) is 11.5 Å². The molecule has 0 unspecified atom stereocenters. The average Bonchev–Trinajstić information content (AvgIpc) is 3.46. The number of benzene rings is 1. The van der Waals surface area contributed by atoms with Crippen LogP contribution in [0.1, 0.15) is 31.2 Å². The van der Waals surface area contributed by atoms with Crippen molar-refractivity contribution < 1.29 is 14.3 Å². The Bertz CT molecular complexity index is 978. The smallest absolute Gasteiger partial charge is 0.235 e. The van der Waals surface area contributed by atoms with Crippen molar-refractivity contribution in [3.05, 3.63) is 60.8 Å². The first-order valence-electron chi connectivity index (χ1n) is 9.64. The molecule has 0 saturated heterocycles. The second-order valence-corrected chi connectivity index (χ2v) is 7.19. The zero-order valence-corrected chi connectivity index (χ0v) is 16.6. The van der Waals surface area contributed by atoms with Crippen LogP contribution in [-0.4, -0.2) is 34.7 Å². The Morgan fingerprint density at radius 2 is 1.90 bits per heavy atom. The first-order valence-corrected chi connectivity index (χ1v) is 9.64. The maximum Gasteiger partial charge on any atom is 0.235 e. The lowest BCUT2D eigenvalue weighted by molar-refractivity contribution is -0.121. The summed E-state index contributed by atoms with van der Waals surface area (Å²) in [6.45, 7) is 0. The van der Waals surface area contributed by atoms with E-state index in [1.54, 1.807) is 32.9 Å². The molecule has 0 radical (unpaired) electrons. The number of hydrogen-bond donors (Lipinski definition) is 1. The van der Waals surface area contributed by atoms with Crippen molar-refractivity contribution in [2.45, 2.75) is 31.1 Å². The number of carbonyl (C=O) groups is 1. The van der Waals surface area contributed by atoms with Crippen LogP contribution in [-0.2, 0) is 10.2 Å². The number of hydrogen-bond acceptors (Lipinski definition) is 5. The molecule has 0 atom stereocenters. The fourth-order valence-corrected chi connectivity index (χ4v) is 4.02. The van der Waals surface area contributed by atoms with Crippen molar-refractivity contribution in [3.8, 4) is 17.3 Å². The lowest BCUT2D eigenvalue weighted by Gasteiger charge is -2.29. The van der Waals surface area contributed by atoms with Crippen molar-refractivity contribution in [1.82, 2.24) is 14.5 Å². The molecule has 7 nitrogen and oxygen atoms in total. The maximum absolute atomic E-state index is 13.4. The monoisotopic (exact) mass is 392 g/mol. The van der Waals surface area contributed by atoms with Gasteiger partial charge in [0.2, 0.25) is 5.91 Å². The summed E-state index contributed by atoms with van der Waals surface area (Å²) in [5, 5.41) is 3.06. The molecule has 7 heteroatoms. The number of methoxy groups -OCH3 is 2. The van der Waals surface area contributed by atoms with E-state index in [9.17, 15) is 4.79 Å². The highest BCUT2D eigenvalue weighted by atomic mass is 16.5. The summed E-state index contributed by atoms with van der Waals surface area (Å²) < 4.78 is 12.6. The largest absolute Gasteiger partial charge is 0.493 e. The van der Waals surface area contributed by atoms with Crippen LogP contribution < -0.4 is 14.8 Å². The first kappa shape index (κ1) is 19.0. The minimum atomic E-state index is -0.581. The Labute approximate surface area is 169 Å². The summed E-state index contributed by atoms with van der Waals surface area (Å²) in [6.07, 6.45) is 10.5. The summed E-state index contributed by atoms with van der Waals surface area (Å²) in [4.78, 5) is 21.8. The molecular weight excluding hydrogens is 368 g/mol. The Hall–Kier alpha value is -3.35. The lowest BCUT2D eigenvalue weighted by atomic mass is 9.77. The molecule has 1 aliphatic carbocycles. The number of pyridine rings is 1. The number of nitrogens with zero attached hydrogens (tertiary/aromatic N) is 3. The van der Waals surface area contributed by atoms with E-state index < -0.39 is 5.41 Å². The SMILES string of the molecule is COc1ccc(C2(C(=O)Nc3ccc(-n4ccnc4)nc3)CCCC2)cc1OC.